The maximum absolute atomic E-state index is 13.6. The molecule has 0 radical (unpaired) electrons. The van der Waals surface area contributed by atoms with Gasteiger partial charge in [-0.1, -0.05) is 62.2 Å². The zero-order chi connectivity index (χ0) is 22.9. The Morgan fingerprint density at radius 2 is 1.82 bits per heavy atom. The third-order valence-electron chi connectivity index (χ3n) is 7.11. The molecular formula is C27H30N4O2. The van der Waals surface area contributed by atoms with Gasteiger partial charge in [0, 0.05) is 28.9 Å². The Kier molecular flexibility index (Phi) is 5.75. The Morgan fingerprint density at radius 3 is 2.64 bits per heavy atom. The SMILES string of the molecule is Cc1ccccc1Cn1c2ccccc2c2cnn(CC(=O)NC3CCCCC3C)c(=O)c21. The lowest BCUT2D eigenvalue weighted by Gasteiger charge is -2.29. The molecule has 4 aromatic rings. The molecule has 1 aliphatic rings. The summed E-state index contributed by atoms with van der Waals surface area (Å²) in [6.45, 7) is 4.79. The predicted octanol–water partition coefficient (Wildman–Crippen LogP) is 4.40. The molecule has 2 aromatic heterocycles. The topological polar surface area (TPSA) is 68.9 Å². The molecule has 170 valence electrons. The van der Waals surface area contributed by atoms with Crippen molar-refractivity contribution >= 4 is 27.7 Å². The Labute approximate surface area is 193 Å². The molecule has 1 aliphatic carbocycles. The van der Waals surface area contributed by atoms with E-state index < -0.39 is 0 Å². The highest BCUT2D eigenvalue weighted by atomic mass is 16.2. The van der Waals surface area contributed by atoms with Crippen LogP contribution in [0.5, 0.6) is 0 Å². The van der Waals surface area contributed by atoms with E-state index in [0.717, 1.165) is 41.1 Å². The Balaban J connectivity index is 1.54. The molecule has 2 atom stereocenters. The number of nitrogens with one attached hydrogen (secondary N) is 1. The Bertz CT molecular complexity index is 1380. The maximum Gasteiger partial charge on any atom is 0.291 e. The van der Waals surface area contributed by atoms with Gasteiger partial charge >= 0.3 is 0 Å². The lowest BCUT2D eigenvalue weighted by molar-refractivity contribution is -0.123. The highest BCUT2D eigenvalue weighted by Gasteiger charge is 2.23. The largest absolute Gasteiger partial charge is 0.351 e. The van der Waals surface area contributed by atoms with Gasteiger partial charge in [-0.3, -0.25) is 9.59 Å². The summed E-state index contributed by atoms with van der Waals surface area (Å²) in [5.41, 5.74) is 3.69. The third kappa shape index (κ3) is 4.06. The average Bonchev–Trinajstić information content (AvgIpc) is 3.13. The van der Waals surface area contributed by atoms with Crippen molar-refractivity contribution in [2.75, 3.05) is 0 Å². The van der Waals surface area contributed by atoms with Gasteiger partial charge in [0.25, 0.3) is 5.56 Å². The van der Waals surface area contributed by atoms with Gasteiger partial charge in [0.1, 0.15) is 12.1 Å². The molecule has 0 saturated heterocycles. The minimum absolute atomic E-state index is 0.0656. The summed E-state index contributed by atoms with van der Waals surface area (Å²) in [5.74, 6) is 0.316. The van der Waals surface area contributed by atoms with E-state index >= 15 is 0 Å². The van der Waals surface area contributed by atoms with Gasteiger partial charge < -0.3 is 9.88 Å². The number of carbonyl (C=O) groups is 1. The van der Waals surface area contributed by atoms with Crippen LogP contribution < -0.4 is 10.9 Å². The van der Waals surface area contributed by atoms with Crippen LogP contribution in [0.15, 0.2) is 59.5 Å². The van der Waals surface area contributed by atoms with Crippen molar-refractivity contribution in [3.8, 4) is 0 Å². The van der Waals surface area contributed by atoms with E-state index in [9.17, 15) is 9.59 Å². The predicted molar refractivity (Wildman–Crippen MR) is 131 cm³/mol. The fraction of sp³-hybridized carbons (Fsp3) is 0.370. The van der Waals surface area contributed by atoms with Gasteiger partial charge in [-0.2, -0.15) is 5.10 Å². The number of amides is 1. The first-order valence-electron chi connectivity index (χ1n) is 11.8. The van der Waals surface area contributed by atoms with E-state index in [-0.39, 0.29) is 24.1 Å². The van der Waals surface area contributed by atoms with E-state index in [1.807, 2.05) is 36.4 Å². The number of aryl methyl sites for hydroxylation is 1. The number of hydrogen-bond donors (Lipinski definition) is 1. The van der Waals surface area contributed by atoms with Crippen LogP contribution in [0.1, 0.15) is 43.7 Å². The molecule has 2 unspecified atom stereocenters. The van der Waals surface area contributed by atoms with Crippen molar-refractivity contribution < 1.29 is 4.79 Å². The van der Waals surface area contributed by atoms with Crippen LogP contribution in [0.25, 0.3) is 21.8 Å². The molecule has 6 heteroatoms. The van der Waals surface area contributed by atoms with Crippen LogP contribution in [-0.2, 0) is 17.9 Å². The molecular weight excluding hydrogens is 412 g/mol. The van der Waals surface area contributed by atoms with Gasteiger partial charge in [0.05, 0.1) is 6.20 Å². The molecule has 1 fully saturated rings. The zero-order valence-corrected chi connectivity index (χ0v) is 19.3. The lowest BCUT2D eigenvalue weighted by atomic mass is 9.86. The minimum atomic E-state index is -0.232. The molecule has 5 rings (SSSR count). The molecule has 2 heterocycles. The summed E-state index contributed by atoms with van der Waals surface area (Å²) in [6, 6.07) is 16.4. The number of para-hydroxylation sites is 1. The summed E-state index contributed by atoms with van der Waals surface area (Å²) in [6.07, 6.45) is 6.21. The summed E-state index contributed by atoms with van der Waals surface area (Å²) >= 11 is 0. The molecule has 0 spiro atoms. The van der Waals surface area contributed by atoms with Gasteiger partial charge in [-0.25, -0.2) is 4.68 Å². The molecule has 33 heavy (non-hydrogen) atoms. The van der Waals surface area contributed by atoms with Crippen LogP contribution in [0, 0.1) is 12.8 Å². The molecule has 1 saturated carbocycles. The van der Waals surface area contributed by atoms with Crippen LogP contribution in [0.2, 0.25) is 0 Å². The van der Waals surface area contributed by atoms with Gasteiger partial charge in [0.15, 0.2) is 0 Å². The monoisotopic (exact) mass is 442 g/mol. The minimum Gasteiger partial charge on any atom is -0.351 e. The van der Waals surface area contributed by atoms with Gasteiger partial charge in [-0.05, 0) is 42.9 Å². The smallest absolute Gasteiger partial charge is 0.291 e. The van der Waals surface area contributed by atoms with Crippen LogP contribution >= 0.6 is 0 Å². The zero-order valence-electron chi connectivity index (χ0n) is 19.3. The van der Waals surface area contributed by atoms with Crippen molar-refractivity contribution in [3.63, 3.8) is 0 Å². The van der Waals surface area contributed by atoms with Crippen molar-refractivity contribution in [2.24, 2.45) is 5.92 Å². The van der Waals surface area contributed by atoms with Gasteiger partial charge in [-0.15, -0.1) is 0 Å². The average molecular weight is 443 g/mol. The normalized spacial score (nSPS) is 18.6. The first-order chi connectivity index (χ1) is 16.0. The van der Waals surface area contributed by atoms with Crippen LogP contribution in [-0.4, -0.2) is 26.3 Å². The second kappa shape index (κ2) is 8.85. The number of carbonyl (C=O) groups excluding carboxylic acids is 1. The number of aromatic nitrogens is 3. The van der Waals surface area contributed by atoms with E-state index in [1.54, 1.807) is 6.20 Å². The summed E-state index contributed by atoms with van der Waals surface area (Å²) in [5, 5.41) is 9.33. The lowest BCUT2D eigenvalue weighted by Crippen LogP contribution is -2.43. The Hall–Kier alpha value is -3.41. The van der Waals surface area contributed by atoms with Crippen molar-refractivity contribution in [1.82, 2.24) is 19.7 Å². The van der Waals surface area contributed by atoms with Crippen molar-refractivity contribution in [3.05, 3.63) is 76.2 Å². The number of nitrogens with zero attached hydrogens (tertiary/aromatic N) is 3. The third-order valence-corrected chi connectivity index (χ3v) is 7.11. The number of rotatable bonds is 5. The first-order valence-corrected chi connectivity index (χ1v) is 11.8. The fourth-order valence-electron chi connectivity index (χ4n) is 5.15. The molecule has 0 aliphatic heterocycles. The van der Waals surface area contributed by atoms with Crippen molar-refractivity contribution in [1.29, 1.82) is 0 Å². The van der Waals surface area contributed by atoms with E-state index in [4.69, 9.17) is 0 Å². The standard InChI is InChI=1S/C27H30N4O2/c1-18-9-3-5-11-20(18)16-30-24-14-8-6-12-21(24)22-15-28-31(27(33)26(22)30)17-25(32)29-23-13-7-4-10-19(23)2/h3,5-6,8-9,11-12,14-15,19,23H,4,7,10,13,16-17H2,1-2H3,(H,29,32). The molecule has 1 N–H and O–H groups in total. The summed E-state index contributed by atoms with van der Waals surface area (Å²) < 4.78 is 3.37. The Morgan fingerprint density at radius 1 is 1.06 bits per heavy atom. The molecule has 2 aromatic carbocycles. The van der Waals surface area contributed by atoms with Crippen LogP contribution in [0.4, 0.5) is 0 Å². The van der Waals surface area contributed by atoms with E-state index in [1.165, 1.54) is 16.7 Å². The fourth-order valence-corrected chi connectivity index (χ4v) is 5.15. The number of benzene rings is 2. The van der Waals surface area contributed by atoms with Gasteiger partial charge in [0.2, 0.25) is 5.91 Å². The number of hydrogen-bond acceptors (Lipinski definition) is 3. The second-order valence-electron chi connectivity index (χ2n) is 9.34. The quantitative estimate of drug-likeness (QED) is 0.498. The summed E-state index contributed by atoms with van der Waals surface area (Å²) in [7, 11) is 0. The molecule has 6 nitrogen and oxygen atoms in total. The highest BCUT2D eigenvalue weighted by Crippen LogP contribution is 2.28. The summed E-state index contributed by atoms with van der Waals surface area (Å²) in [4.78, 5) is 26.4. The maximum atomic E-state index is 13.6. The first kappa shape index (κ1) is 21.4. The number of fused-ring (bicyclic) bond motifs is 3. The van der Waals surface area contributed by atoms with E-state index in [0.29, 0.717) is 18.0 Å². The molecule has 1 amide bonds. The van der Waals surface area contributed by atoms with E-state index in [2.05, 4.69) is 41.0 Å². The second-order valence-corrected chi connectivity index (χ2v) is 9.34. The van der Waals surface area contributed by atoms with Crippen molar-refractivity contribution in [2.45, 2.75) is 58.7 Å². The van der Waals surface area contributed by atoms with Crippen LogP contribution in [0.3, 0.4) is 0 Å². The highest BCUT2D eigenvalue weighted by molar-refractivity contribution is 6.07. The molecule has 0 bridgehead atoms.